The van der Waals surface area contributed by atoms with Crippen molar-refractivity contribution in [1.82, 2.24) is 10.2 Å². The highest BCUT2D eigenvalue weighted by atomic mass is 79.9. The number of aryl methyl sites for hydroxylation is 1. The van der Waals surface area contributed by atoms with Crippen LogP contribution in [0.2, 0.25) is 0 Å². The smallest absolute Gasteiger partial charge is 0.261 e. The quantitative estimate of drug-likeness (QED) is 0.514. The molecule has 0 radical (unpaired) electrons. The second-order valence-electron chi connectivity index (χ2n) is 7.55. The third-order valence-corrected chi connectivity index (χ3v) is 5.81. The molecular weight excluding hydrogens is 463 g/mol. The topological polar surface area (TPSA) is 58.6 Å². The summed E-state index contributed by atoms with van der Waals surface area (Å²) in [7, 11) is 0. The molecule has 5 nitrogen and oxygen atoms in total. The Morgan fingerprint density at radius 1 is 1.10 bits per heavy atom. The lowest BCUT2D eigenvalue weighted by molar-refractivity contribution is -0.142. The van der Waals surface area contributed by atoms with Crippen molar-refractivity contribution in [2.75, 3.05) is 6.61 Å². The zero-order valence-electron chi connectivity index (χ0n) is 18.5. The number of carbonyl (C=O) groups is 2. The largest absolute Gasteiger partial charge is 0.483 e. The Labute approximate surface area is 192 Å². The summed E-state index contributed by atoms with van der Waals surface area (Å²) in [5, 5.41) is 2.91. The molecule has 0 bridgehead atoms. The molecule has 0 aliphatic heterocycles. The first-order valence-corrected chi connectivity index (χ1v) is 11.3. The van der Waals surface area contributed by atoms with E-state index in [4.69, 9.17) is 4.74 Å². The zero-order chi connectivity index (χ0) is 23.0. The van der Waals surface area contributed by atoms with Gasteiger partial charge < -0.3 is 15.0 Å². The number of nitrogens with zero attached hydrogens (tertiary/aromatic N) is 1. The van der Waals surface area contributed by atoms with Crippen LogP contribution in [-0.4, -0.2) is 35.4 Å². The van der Waals surface area contributed by atoms with E-state index in [2.05, 4.69) is 28.2 Å². The summed E-state index contributed by atoms with van der Waals surface area (Å²) in [6.45, 7) is 7.60. The Morgan fingerprint density at radius 2 is 1.74 bits per heavy atom. The summed E-state index contributed by atoms with van der Waals surface area (Å²) in [6.07, 6.45) is 1.68. The van der Waals surface area contributed by atoms with Crippen LogP contribution < -0.4 is 10.1 Å². The summed E-state index contributed by atoms with van der Waals surface area (Å²) < 4.78 is 19.8. The second-order valence-corrected chi connectivity index (χ2v) is 8.40. The molecule has 7 heteroatoms. The third kappa shape index (κ3) is 7.35. The van der Waals surface area contributed by atoms with Crippen molar-refractivity contribution in [2.45, 2.75) is 59.2 Å². The van der Waals surface area contributed by atoms with E-state index in [0.29, 0.717) is 5.75 Å². The molecule has 0 fully saturated rings. The monoisotopic (exact) mass is 492 g/mol. The molecule has 0 aliphatic carbocycles. The minimum absolute atomic E-state index is 0.00186. The molecule has 0 spiro atoms. The average Bonchev–Trinajstić information content (AvgIpc) is 2.76. The first-order chi connectivity index (χ1) is 14.7. The van der Waals surface area contributed by atoms with Gasteiger partial charge in [-0.05, 0) is 78.0 Å². The maximum Gasteiger partial charge on any atom is 0.261 e. The number of benzene rings is 2. The molecule has 2 amide bonds. The summed E-state index contributed by atoms with van der Waals surface area (Å²) >= 11 is 3.47. The Balaban J connectivity index is 2.16. The molecular formula is C24H30BrFN2O3. The highest BCUT2D eigenvalue weighted by Crippen LogP contribution is 2.26. The fourth-order valence-electron chi connectivity index (χ4n) is 2.94. The van der Waals surface area contributed by atoms with Gasteiger partial charge in [-0.15, -0.1) is 0 Å². The SMILES string of the molecule is CCc1ccc(OCC(=O)N(Cc2ccc(F)cc2)C(C)C(=O)NC(C)CC)c(Br)c1. The van der Waals surface area contributed by atoms with E-state index in [0.717, 1.165) is 28.4 Å². The normalized spacial score (nSPS) is 12.7. The molecule has 168 valence electrons. The lowest BCUT2D eigenvalue weighted by Crippen LogP contribution is -2.50. The lowest BCUT2D eigenvalue weighted by atomic mass is 10.1. The van der Waals surface area contributed by atoms with E-state index in [-0.39, 0.29) is 36.8 Å². The Hall–Kier alpha value is -2.41. The molecule has 0 aromatic heterocycles. The minimum Gasteiger partial charge on any atom is -0.483 e. The van der Waals surface area contributed by atoms with Crippen LogP contribution in [0, 0.1) is 5.82 Å². The highest BCUT2D eigenvalue weighted by Gasteiger charge is 2.27. The van der Waals surface area contributed by atoms with Crippen molar-refractivity contribution in [3.8, 4) is 5.75 Å². The third-order valence-electron chi connectivity index (χ3n) is 5.19. The van der Waals surface area contributed by atoms with Gasteiger partial charge in [0.05, 0.1) is 4.47 Å². The van der Waals surface area contributed by atoms with Crippen molar-refractivity contribution in [3.05, 3.63) is 63.9 Å². The van der Waals surface area contributed by atoms with E-state index < -0.39 is 6.04 Å². The minimum atomic E-state index is -0.707. The van der Waals surface area contributed by atoms with E-state index in [1.807, 2.05) is 32.0 Å². The van der Waals surface area contributed by atoms with Crippen molar-refractivity contribution in [1.29, 1.82) is 0 Å². The van der Waals surface area contributed by atoms with Gasteiger partial charge in [0.2, 0.25) is 5.91 Å². The molecule has 31 heavy (non-hydrogen) atoms. The van der Waals surface area contributed by atoms with Crippen LogP contribution in [0.1, 0.15) is 45.2 Å². The number of ether oxygens (including phenoxy) is 1. The molecule has 0 heterocycles. The van der Waals surface area contributed by atoms with E-state index in [1.165, 1.54) is 17.0 Å². The first kappa shape index (κ1) is 24.9. The van der Waals surface area contributed by atoms with Gasteiger partial charge in [0.1, 0.15) is 17.6 Å². The van der Waals surface area contributed by atoms with Crippen molar-refractivity contribution < 1.29 is 18.7 Å². The predicted molar refractivity (Wildman–Crippen MR) is 123 cm³/mol. The van der Waals surface area contributed by atoms with Gasteiger partial charge in [-0.1, -0.05) is 32.0 Å². The first-order valence-electron chi connectivity index (χ1n) is 10.5. The summed E-state index contributed by atoms with van der Waals surface area (Å²) in [4.78, 5) is 27.2. The maximum absolute atomic E-state index is 13.3. The Bertz CT molecular complexity index is 889. The van der Waals surface area contributed by atoms with Crippen LogP contribution in [0.4, 0.5) is 4.39 Å². The predicted octanol–water partition coefficient (Wildman–Crippen LogP) is 4.86. The second kappa shape index (κ2) is 11.8. The summed E-state index contributed by atoms with van der Waals surface area (Å²) in [5.41, 5.74) is 1.88. The number of hydrogen-bond acceptors (Lipinski definition) is 3. The van der Waals surface area contributed by atoms with E-state index in [1.54, 1.807) is 19.1 Å². The summed E-state index contributed by atoms with van der Waals surface area (Å²) in [6, 6.07) is 10.9. The fraction of sp³-hybridized carbons (Fsp3) is 0.417. The van der Waals surface area contributed by atoms with Crippen molar-refractivity contribution in [2.24, 2.45) is 0 Å². The van der Waals surface area contributed by atoms with E-state index >= 15 is 0 Å². The molecule has 0 saturated carbocycles. The highest BCUT2D eigenvalue weighted by molar-refractivity contribution is 9.10. The molecule has 0 aliphatic rings. The Morgan fingerprint density at radius 3 is 2.32 bits per heavy atom. The number of hydrogen-bond donors (Lipinski definition) is 1. The van der Waals surface area contributed by atoms with Crippen molar-refractivity contribution >= 4 is 27.7 Å². The molecule has 2 unspecified atom stereocenters. The van der Waals surface area contributed by atoms with Gasteiger partial charge in [-0.2, -0.15) is 0 Å². The lowest BCUT2D eigenvalue weighted by Gasteiger charge is -2.29. The van der Waals surface area contributed by atoms with Crippen LogP contribution in [0.15, 0.2) is 46.9 Å². The van der Waals surface area contributed by atoms with Gasteiger partial charge in [0.25, 0.3) is 5.91 Å². The average molecular weight is 493 g/mol. The fourth-order valence-corrected chi connectivity index (χ4v) is 3.48. The van der Waals surface area contributed by atoms with E-state index in [9.17, 15) is 14.0 Å². The van der Waals surface area contributed by atoms with Gasteiger partial charge in [-0.3, -0.25) is 9.59 Å². The maximum atomic E-state index is 13.3. The van der Waals surface area contributed by atoms with Crippen LogP contribution >= 0.6 is 15.9 Å². The van der Waals surface area contributed by atoms with Crippen LogP contribution in [-0.2, 0) is 22.6 Å². The zero-order valence-corrected chi connectivity index (χ0v) is 20.0. The van der Waals surface area contributed by atoms with Gasteiger partial charge >= 0.3 is 0 Å². The van der Waals surface area contributed by atoms with Crippen LogP contribution in [0.5, 0.6) is 5.75 Å². The number of rotatable bonds is 10. The van der Waals surface area contributed by atoms with Crippen LogP contribution in [0.3, 0.4) is 0 Å². The van der Waals surface area contributed by atoms with Gasteiger partial charge in [0.15, 0.2) is 6.61 Å². The molecule has 2 aromatic carbocycles. The summed E-state index contributed by atoms with van der Waals surface area (Å²) in [5.74, 6) is -0.363. The molecule has 2 atom stereocenters. The molecule has 1 N–H and O–H groups in total. The van der Waals surface area contributed by atoms with Gasteiger partial charge in [-0.25, -0.2) is 4.39 Å². The molecule has 2 rings (SSSR count). The number of nitrogens with one attached hydrogen (secondary N) is 1. The number of amides is 2. The van der Waals surface area contributed by atoms with Crippen molar-refractivity contribution in [3.63, 3.8) is 0 Å². The Kier molecular flexibility index (Phi) is 9.49. The molecule has 0 saturated heterocycles. The van der Waals surface area contributed by atoms with Gasteiger partial charge in [0, 0.05) is 12.6 Å². The molecule has 2 aromatic rings. The number of carbonyl (C=O) groups excluding carboxylic acids is 2. The standard InChI is InChI=1S/C24H30BrFN2O3/c1-5-16(3)27-24(30)17(4)28(14-19-7-10-20(26)11-8-19)23(29)15-31-22-12-9-18(6-2)13-21(22)25/h7-13,16-17H,5-6,14-15H2,1-4H3,(H,27,30). The number of halogens is 2. The van der Waals surface area contributed by atoms with Crippen LogP contribution in [0.25, 0.3) is 0 Å².